The Kier molecular flexibility index (Phi) is 5.69. The summed E-state index contributed by atoms with van der Waals surface area (Å²) >= 11 is 0. The first-order valence-corrected chi connectivity index (χ1v) is 10.1. The maximum atomic E-state index is 12.6. The van der Waals surface area contributed by atoms with Crippen LogP contribution in [0, 0.1) is 6.92 Å². The van der Waals surface area contributed by atoms with Gasteiger partial charge in [0.1, 0.15) is 13.2 Å². The Morgan fingerprint density at radius 3 is 2.38 bits per heavy atom. The van der Waals surface area contributed by atoms with Crippen LogP contribution in [0.4, 0.5) is 5.69 Å². The first kappa shape index (κ1) is 19.3. The summed E-state index contributed by atoms with van der Waals surface area (Å²) in [5.74, 6) is 1.25. The van der Waals surface area contributed by atoms with E-state index in [9.17, 15) is 9.59 Å². The van der Waals surface area contributed by atoms with Crippen LogP contribution in [0.1, 0.15) is 28.8 Å². The number of para-hydroxylation sites is 1. The van der Waals surface area contributed by atoms with Gasteiger partial charge in [0.25, 0.3) is 0 Å². The summed E-state index contributed by atoms with van der Waals surface area (Å²) in [4.78, 5) is 29.3. The number of nitrogens with zero attached hydrogens (tertiary/aromatic N) is 2. The minimum absolute atomic E-state index is 0.0420. The van der Waals surface area contributed by atoms with E-state index in [-0.39, 0.29) is 24.5 Å². The fourth-order valence-corrected chi connectivity index (χ4v) is 3.85. The maximum absolute atomic E-state index is 12.6. The molecular formula is C23H26N2O4. The molecule has 2 aliphatic heterocycles. The number of benzene rings is 2. The molecule has 0 spiro atoms. The summed E-state index contributed by atoms with van der Waals surface area (Å²) in [5, 5.41) is 0. The Bertz CT molecular complexity index is 904. The Balaban J connectivity index is 1.28. The highest BCUT2D eigenvalue weighted by molar-refractivity contribution is 5.98. The predicted octanol–water partition coefficient (Wildman–Crippen LogP) is 3.08. The first-order chi connectivity index (χ1) is 14.1. The summed E-state index contributed by atoms with van der Waals surface area (Å²) < 4.78 is 11.0. The zero-order valence-electron chi connectivity index (χ0n) is 16.7. The Morgan fingerprint density at radius 2 is 1.62 bits per heavy atom. The molecule has 0 saturated carbocycles. The van der Waals surface area contributed by atoms with E-state index >= 15 is 0 Å². The summed E-state index contributed by atoms with van der Waals surface area (Å²) in [6.45, 7) is 6.11. The van der Waals surface area contributed by atoms with Crippen molar-refractivity contribution >= 4 is 17.4 Å². The minimum atomic E-state index is -0.0473. The molecule has 2 aliphatic rings. The van der Waals surface area contributed by atoms with Gasteiger partial charge in [0.2, 0.25) is 5.91 Å². The molecular weight excluding hydrogens is 368 g/mol. The lowest BCUT2D eigenvalue weighted by Gasteiger charge is -2.36. The molecule has 2 aromatic carbocycles. The maximum Gasteiger partial charge on any atom is 0.223 e. The van der Waals surface area contributed by atoms with E-state index in [0.717, 1.165) is 13.1 Å². The predicted molar refractivity (Wildman–Crippen MR) is 111 cm³/mol. The van der Waals surface area contributed by atoms with Gasteiger partial charge in [-0.15, -0.1) is 0 Å². The van der Waals surface area contributed by atoms with Crippen LogP contribution in [0.25, 0.3) is 0 Å². The zero-order chi connectivity index (χ0) is 20.2. The van der Waals surface area contributed by atoms with Gasteiger partial charge in [0.05, 0.1) is 0 Å². The van der Waals surface area contributed by atoms with E-state index in [2.05, 4.69) is 24.0 Å². The number of hydrogen-bond acceptors (Lipinski definition) is 5. The Labute approximate surface area is 171 Å². The van der Waals surface area contributed by atoms with Crippen molar-refractivity contribution in [2.45, 2.75) is 19.8 Å². The average Bonchev–Trinajstić information content (AvgIpc) is 2.77. The van der Waals surface area contributed by atoms with Gasteiger partial charge in [-0.1, -0.05) is 18.2 Å². The summed E-state index contributed by atoms with van der Waals surface area (Å²) in [5.41, 5.74) is 3.04. The number of piperazine rings is 1. The molecule has 0 radical (unpaired) electrons. The smallest absolute Gasteiger partial charge is 0.223 e. The summed E-state index contributed by atoms with van der Waals surface area (Å²) in [7, 11) is 0. The van der Waals surface area contributed by atoms with Gasteiger partial charge in [0, 0.05) is 50.3 Å². The lowest BCUT2D eigenvalue weighted by molar-refractivity contribution is -0.131. The zero-order valence-corrected chi connectivity index (χ0v) is 16.7. The molecule has 1 saturated heterocycles. The van der Waals surface area contributed by atoms with E-state index in [1.165, 1.54) is 11.3 Å². The molecule has 0 N–H and O–H groups in total. The van der Waals surface area contributed by atoms with Crippen LogP contribution in [0.3, 0.4) is 0 Å². The standard InChI is InChI=1S/C23H26N2O4/c1-17-4-2-3-5-19(17)24-10-12-25(13-11-24)23(27)9-7-20(26)18-6-8-21-22(16-18)29-15-14-28-21/h2-6,8,16H,7,9-15H2,1H3. The van der Waals surface area contributed by atoms with E-state index in [1.54, 1.807) is 18.2 Å². The molecule has 152 valence electrons. The molecule has 6 nitrogen and oxygen atoms in total. The number of fused-ring (bicyclic) bond motifs is 1. The van der Waals surface area contributed by atoms with Crippen molar-refractivity contribution in [3.63, 3.8) is 0 Å². The van der Waals surface area contributed by atoms with Gasteiger partial charge in [-0.3, -0.25) is 9.59 Å². The van der Waals surface area contributed by atoms with Crippen molar-refractivity contribution in [2.75, 3.05) is 44.3 Å². The van der Waals surface area contributed by atoms with E-state index in [0.29, 0.717) is 43.4 Å². The van der Waals surface area contributed by atoms with Crippen molar-refractivity contribution in [1.29, 1.82) is 0 Å². The molecule has 0 atom stereocenters. The van der Waals surface area contributed by atoms with Crippen molar-refractivity contribution in [2.24, 2.45) is 0 Å². The molecule has 29 heavy (non-hydrogen) atoms. The first-order valence-electron chi connectivity index (χ1n) is 10.1. The second kappa shape index (κ2) is 8.55. The van der Waals surface area contributed by atoms with Gasteiger partial charge in [-0.2, -0.15) is 0 Å². The highest BCUT2D eigenvalue weighted by Gasteiger charge is 2.23. The number of rotatable bonds is 5. The van der Waals surface area contributed by atoms with Gasteiger partial charge < -0.3 is 19.3 Å². The van der Waals surface area contributed by atoms with Crippen molar-refractivity contribution in [3.05, 3.63) is 53.6 Å². The van der Waals surface area contributed by atoms with Crippen LogP contribution in [0.2, 0.25) is 0 Å². The molecule has 0 bridgehead atoms. The Morgan fingerprint density at radius 1 is 0.897 bits per heavy atom. The van der Waals surface area contributed by atoms with Gasteiger partial charge in [-0.05, 0) is 36.8 Å². The normalized spacial score (nSPS) is 15.9. The van der Waals surface area contributed by atoms with Crippen LogP contribution < -0.4 is 14.4 Å². The number of aryl methyl sites for hydroxylation is 1. The topological polar surface area (TPSA) is 59.1 Å². The van der Waals surface area contributed by atoms with Crippen LogP contribution in [-0.4, -0.2) is 56.0 Å². The van der Waals surface area contributed by atoms with Crippen molar-refractivity contribution in [1.82, 2.24) is 4.90 Å². The van der Waals surface area contributed by atoms with Gasteiger partial charge in [0.15, 0.2) is 17.3 Å². The number of ketones is 1. The number of hydrogen-bond donors (Lipinski definition) is 0. The summed E-state index contributed by atoms with van der Waals surface area (Å²) in [6.07, 6.45) is 0.439. The summed E-state index contributed by atoms with van der Waals surface area (Å²) in [6, 6.07) is 13.5. The molecule has 0 aliphatic carbocycles. The van der Waals surface area contributed by atoms with Crippen LogP contribution in [-0.2, 0) is 4.79 Å². The van der Waals surface area contributed by atoms with Crippen LogP contribution in [0.15, 0.2) is 42.5 Å². The number of carbonyl (C=O) groups is 2. The van der Waals surface area contributed by atoms with Crippen LogP contribution in [0.5, 0.6) is 11.5 Å². The average molecular weight is 394 g/mol. The molecule has 1 amide bonds. The number of carbonyl (C=O) groups excluding carboxylic acids is 2. The largest absolute Gasteiger partial charge is 0.486 e. The highest BCUT2D eigenvalue weighted by atomic mass is 16.6. The number of amides is 1. The molecule has 2 aromatic rings. The molecule has 4 rings (SSSR count). The molecule has 1 fully saturated rings. The second-order valence-electron chi connectivity index (χ2n) is 7.44. The van der Waals surface area contributed by atoms with E-state index < -0.39 is 0 Å². The molecule has 0 unspecified atom stereocenters. The van der Waals surface area contributed by atoms with Crippen molar-refractivity contribution in [3.8, 4) is 11.5 Å². The minimum Gasteiger partial charge on any atom is -0.486 e. The fourth-order valence-electron chi connectivity index (χ4n) is 3.85. The monoisotopic (exact) mass is 394 g/mol. The number of anilines is 1. The number of Topliss-reactive ketones (excluding diaryl/α,β-unsaturated/α-hetero) is 1. The van der Waals surface area contributed by atoms with E-state index in [1.807, 2.05) is 17.0 Å². The molecule has 2 heterocycles. The lowest BCUT2D eigenvalue weighted by Crippen LogP contribution is -2.49. The van der Waals surface area contributed by atoms with Crippen LogP contribution >= 0.6 is 0 Å². The van der Waals surface area contributed by atoms with E-state index in [4.69, 9.17) is 9.47 Å². The second-order valence-corrected chi connectivity index (χ2v) is 7.44. The third kappa shape index (κ3) is 4.36. The lowest BCUT2D eigenvalue weighted by atomic mass is 10.0. The highest BCUT2D eigenvalue weighted by Crippen LogP contribution is 2.31. The molecule has 0 aromatic heterocycles. The van der Waals surface area contributed by atoms with Gasteiger partial charge in [-0.25, -0.2) is 0 Å². The SMILES string of the molecule is Cc1ccccc1N1CCN(C(=O)CCC(=O)c2ccc3c(c2)OCCO3)CC1. The Hall–Kier alpha value is -3.02. The van der Waals surface area contributed by atoms with Crippen molar-refractivity contribution < 1.29 is 19.1 Å². The number of ether oxygens (including phenoxy) is 2. The van der Waals surface area contributed by atoms with Gasteiger partial charge >= 0.3 is 0 Å². The third-order valence-corrected chi connectivity index (χ3v) is 5.52. The molecule has 6 heteroatoms. The quantitative estimate of drug-likeness (QED) is 0.730. The fraction of sp³-hybridized carbons (Fsp3) is 0.391. The third-order valence-electron chi connectivity index (χ3n) is 5.52.